The Balaban J connectivity index is 3.30. The molecule has 0 aliphatic rings. The van der Waals surface area contributed by atoms with Crippen LogP contribution < -0.4 is 9.46 Å². The first-order valence-electron chi connectivity index (χ1n) is 5.27. The number of ether oxygens (including phenoxy) is 1. The lowest BCUT2D eigenvalue weighted by Gasteiger charge is -2.12. The Morgan fingerprint density at radius 3 is 2.63 bits per heavy atom. The predicted molar refractivity (Wildman–Crippen MR) is 73.3 cm³/mol. The van der Waals surface area contributed by atoms with Crippen molar-refractivity contribution in [3.05, 3.63) is 28.3 Å². The van der Waals surface area contributed by atoms with Crippen molar-refractivity contribution in [2.45, 2.75) is 17.9 Å². The SMILES string of the molecule is COc1ccc(S(=O)(=O)N[C@H](C)CS)c([N+](=O)[O-])c1. The predicted octanol–water partition coefficient (Wildman–Crippen LogP) is 1.20. The third-order valence-corrected chi connectivity index (χ3v) is 4.47. The van der Waals surface area contributed by atoms with Crippen LogP contribution in [0.15, 0.2) is 23.1 Å². The fourth-order valence-corrected chi connectivity index (χ4v) is 2.97. The Bertz CT molecular complexity index is 573. The number of nitrogens with one attached hydrogen (secondary N) is 1. The highest BCUT2D eigenvalue weighted by Gasteiger charge is 2.27. The number of hydrogen-bond donors (Lipinski definition) is 2. The van der Waals surface area contributed by atoms with Crippen LogP contribution in [-0.2, 0) is 10.0 Å². The van der Waals surface area contributed by atoms with Gasteiger partial charge < -0.3 is 4.74 Å². The van der Waals surface area contributed by atoms with Gasteiger partial charge in [0, 0.05) is 11.8 Å². The van der Waals surface area contributed by atoms with Gasteiger partial charge in [0.2, 0.25) is 10.0 Å². The zero-order valence-corrected chi connectivity index (χ0v) is 12.1. The Morgan fingerprint density at radius 2 is 2.16 bits per heavy atom. The van der Waals surface area contributed by atoms with Crippen LogP contribution in [0.5, 0.6) is 5.75 Å². The molecule has 1 aromatic rings. The number of thiol groups is 1. The molecular formula is C10H14N2O5S2. The lowest BCUT2D eigenvalue weighted by atomic mass is 10.3. The lowest BCUT2D eigenvalue weighted by molar-refractivity contribution is -0.387. The highest BCUT2D eigenvalue weighted by atomic mass is 32.2. The molecule has 0 radical (unpaired) electrons. The number of hydrogen-bond acceptors (Lipinski definition) is 6. The van der Waals surface area contributed by atoms with Crippen molar-refractivity contribution in [3.8, 4) is 5.75 Å². The van der Waals surface area contributed by atoms with Crippen molar-refractivity contribution in [3.63, 3.8) is 0 Å². The molecule has 0 heterocycles. The molecule has 1 rings (SSSR count). The number of methoxy groups -OCH3 is 1. The summed E-state index contributed by atoms with van der Waals surface area (Å²) in [4.78, 5) is 9.78. The number of benzene rings is 1. The molecule has 19 heavy (non-hydrogen) atoms. The molecule has 0 saturated carbocycles. The quantitative estimate of drug-likeness (QED) is 0.467. The van der Waals surface area contributed by atoms with E-state index in [1.54, 1.807) is 6.92 Å². The summed E-state index contributed by atoms with van der Waals surface area (Å²) in [5.74, 6) is 0.497. The van der Waals surface area contributed by atoms with Crippen LogP contribution in [0.3, 0.4) is 0 Å². The Hall–Kier alpha value is -1.32. The summed E-state index contributed by atoms with van der Waals surface area (Å²) in [7, 11) is -2.63. The molecule has 0 fully saturated rings. The van der Waals surface area contributed by atoms with Crippen LogP contribution >= 0.6 is 12.6 Å². The smallest absolute Gasteiger partial charge is 0.293 e. The van der Waals surface area contributed by atoms with Crippen molar-refractivity contribution in [2.75, 3.05) is 12.9 Å². The zero-order chi connectivity index (χ0) is 14.6. The van der Waals surface area contributed by atoms with Crippen LogP contribution in [0.2, 0.25) is 0 Å². The van der Waals surface area contributed by atoms with Crippen molar-refractivity contribution >= 4 is 28.3 Å². The Kier molecular flexibility index (Phi) is 5.15. The first-order valence-corrected chi connectivity index (χ1v) is 7.39. The molecule has 1 N–H and O–H groups in total. The number of rotatable bonds is 6. The molecule has 0 aliphatic carbocycles. The van der Waals surface area contributed by atoms with Crippen LogP contribution in [0.4, 0.5) is 5.69 Å². The maximum absolute atomic E-state index is 12.0. The molecule has 0 spiro atoms. The van der Waals surface area contributed by atoms with Crippen molar-refractivity contribution in [1.82, 2.24) is 4.72 Å². The molecule has 0 aliphatic heterocycles. The average molecular weight is 306 g/mol. The molecule has 0 bridgehead atoms. The molecule has 0 saturated heterocycles. The van der Waals surface area contributed by atoms with E-state index in [9.17, 15) is 18.5 Å². The van der Waals surface area contributed by atoms with Crippen LogP contribution in [0.25, 0.3) is 0 Å². The molecule has 0 amide bonds. The molecule has 9 heteroatoms. The zero-order valence-electron chi connectivity index (χ0n) is 10.4. The lowest BCUT2D eigenvalue weighted by Crippen LogP contribution is -2.34. The van der Waals surface area contributed by atoms with Gasteiger partial charge in [-0.3, -0.25) is 10.1 Å². The normalized spacial score (nSPS) is 13.0. The number of nitrogens with zero attached hydrogens (tertiary/aromatic N) is 1. The summed E-state index contributed by atoms with van der Waals surface area (Å²) >= 11 is 3.96. The fourth-order valence-electron chi connectivity index (χ4n) is 1.36. The number of sulfonamides is 1. The van der Waals surface area contributed by atoms with Gasteiger partial charge in [0.15, 0.2) is 4.90 Å². The second-order valence-corrected chi connectivity index (χ2v) is 5.84. The third-order valence-electron chi connectivity index (χ3n) is 2.28. The summed E-state index contributed by atoms with van der Waals surface area (Å²) in [6.45, 7) is 1.61. The van der Waals surface area contributed by atoms with E-state index in [-0.39, 0.29) is 11.5 Å². The molecule has 1 atom stereocenters. The van der Waals surface area contributed by atoms with Gasteiger partial charge in [0.1, 0.15) is 5.75 Å². The minimum atomic E-state index is -3.97. The molecule has 106 valence electrons. The van der Waals surface area contributed by atoms with Gasteiger partial charge in [-0.25, -0.2) is 13.1 Å². The van der Waals surface area contributed by atoms with Gasteiger partial charge in [0.25, 0.3) is 5.69 Å². The summed E-state index contributed by atoms with van der Waals surface area (Å²) < 4.78 is 31.2. The summed E-state index contributed by atoms with van der Waals surface area (Å²) in [6.07, 6.45) is 0. The second kappa shape index (κ2) is 6.22. The van der Waals surface area contributed by atoms with Crippen molar-refractivity contribution < 1.29 is 18.1 Å². The first kappa shape index (κ1) is 15.7. The topological polar surface area (TPSA) is 98.5 Å². The fraction of sp³-hybridized carbons (Fsp3) is 0.400. The van der Waals surface area contributed by atoms with E-state index in [0.29, 0.717) is 0 Å². The Labute approximate surface area is 116 Å². The van der Waals surface area contributed by atoms with Crippen molar-refractivity contribution in [1.29, 1.82) is 0 Å². The van der Waals surface area contributed by atoms with E-state index in [4.69, 9.17) is 4.74 Å². The highest BCUT2D eigenvalue weighted by Crippen LogP contribution is 2.28. The second-order valence-electron chi connectivity index (χ2n) is 3.80. The average Bonchev–Trinajstić information content (AvgIpc) is 2.37. The summed E-state index contributed by atoms with van der Waals surface area (Å²) in [5.41, 5.74) is -0.529. The van der Waals surface area contributed by atoms with Gasteiger partial charge in [-0.15, -0.1) is 0 Å². The van der Waals surface area contributed by atoms with Crippen LogP contribution in [0, 0.1) is 10.1 Å². The maximum atomic E-state index is 12.0. The van der Waals surface area contributed by atoms with Gasteiger partial charge in [0.05, 0.1) is 18.1 Å². The van der Waals surface area contributed by atoms with E-state index >= 15 is 0 Å². The molecule has 0 aromatic heterocycles. The largest absolute Gasteiger partial charge is 0.497 e. The van der Waals surface area contributed by atoms with E-state index in [1.165, 1.54) is 13.2 Å². The van der Waals surface area contributed by atoms with Crippen molar-refractivity contribution in [2.24, 2.45) is 0 Å². The molecular weight excluding hydrogens is 292 g/mol. The summed E-state index contributed by atoms with van der Waals surface area (Å²) in [6, 6.07) is 3.13. The van der Waals surface area contributed by atoms with Gasteiger partial charge in [-0.1, -0.05) is 0 Å². The van der Waals surface area contributed by atoms with E-state index in [1.807, 2.05) is 0 Å². The van der Waals surface area contributed by atoms with E-state index < -0.39 is 31.6 Å². The number of nitro groups is 1. The van der Waals surface area contributed by atoms with Gasteiger partial charge in [-0.05, 0) is 19.1 Å². The Morgan fingerprint density at radius 1 is 1.53 bits per heavy atom. The maximum Gasteiger partial charge on any atom is 0.293 e. The highest BCUT2D eigenvalue weighted by molar-refractivity contribution is 7.89. The first-order chi connectivity index (χ1) is 8.81. The molecule has 1 aromatic carbocycles. The minimum absolute atomic E-state index is 0.216. The third kappa shape index (κ3) is 3.82. The van der Waals surface area contributed by atoms with Gasteiger partial charge >= 0.3 is 0 Å². The molecule has 0 unspecified atom stereocenters. The minimum Gasteiger partial charge on any atom is -0.497 e. The monoisotopic (exact) mass is 306 g/mol. The number of nitro benzene ring substituents is 1. The van der Waals surface area contributed by atoms with E-state index in [2.05, 4.69) is 17.4 Å². The summed E-state index contributed by atoms with van der Waals surface area (Å²) in [5, 5.41) is 10.9. The van der Waals surface area contributed by atoms with E-state index in [0.717, 1.165) is 12.1 Å². The van der Waals surface area contributed by atoms with Crippen LogP contribution in [0.1, 0.15) is 6.92 Å². The van der Waals surface area contributed by atoms with Gasteiger partial charge in [-0.2, -0.15) is 12.6 Å². The standard InChI is InChI=1S/C10H14N2O5S2/c1-7(6-18)11-19(15,16)10-4-3-8(17-2)5-9(10)12(13)14/h3-5,7,11,18H,6H2,1-2H3/t7-/m1/s1. The molecule has 7 nitrogen and oxygen atoms in total. The van der Waals surface area contributed by atoms with Crippen LogP contribution in [-0.4, -0.2) is 32.2 Å².